The molecule has 3 heterocycles. The summed E-state index contributed by atoms with van der Waals surface area (Å²) in [6.07, 6.45) is 2.69. The van der Waals surface area contributed by atoms with Crippen LogP contribution >= 0.6 is 11.6 Å². The molecule has 28 heavy (non-hydrogen) atoms. The lowest BCUT2D eigenvalue weighted by molar-refractivity contribution is 0.0507. The Balaban J connectivity index is 1.64. The molecule has 1 saturated heterocycles. The predicted octanol–water partition coefficient (Wildman–Crippen LogP) is 3.71. The Bertz CT molecular complexity index is 1050. The number of carbonyl (C=O) groups is 2. The standard InChI is InChI=1S/C20H19ClN4O3/c1-12-11-24(6-7-25(12)20(27)28)19(26)13-2-3-15-16(21)9-17(23-18(15)8-13)14-4-5-22-10-14/h2-5,8-10,12,22H,6-7,11H2,1H3,(H,27,28)/t12-/m1/s1. The van der Waals surface area contributed by atoms with Gasteiger partial charge in [0.25, 0.3) is 5.91 Å². The van der Waals surface area contributed by atoms with Crippen molar-refractivity contribution in [2.75, 3.05) is 19.6 Å². The van der Waals surface area contributed by atoms with Gasteiger partial charge in [0.1, 0.15) is 0 Å². The summed E-state index contributed by atoms with van der Waals surface area (Å²) >= 11 is 6.42. The fraction of sp³-hybridized carbons (Fsp3) is 0.250. The van der Waals surface area contributed by atoms with Crippen LogP contribution in [0.3, 0.4) is 0 Å². The summed E-state index contributed by atoms with van der Waals surface area (Å²) in [4.78, 5) is 34.9. The van der Waals surface area contributed by atoms with Crippen LogP contribution in [0.15, 0.2) is 42.7 Å². The van der Waals surface area contributed by atoms with Crippen molar-refractivity contribution in [3.05, 3.63) is 53.3 Å². The number of nitrogens with zero attached hydrogens (tertiary/aromatic N) is 3. The predicted molar refractivity (Wildman–Crippen MR) is 107 cm³/mol. The van der Waals surface area contributed by atoms with Gasteiger partial charge in [-0.2, -0.15) is 0 Å². The highest BCUT2D eigenvalue weighted by molar-refractivity contribution is 6.35. The normalized spacial score (nSPS) is 17.1. The van der Waals surface area contributed by atoms with Crippen molar-refractivity contribution in [2.45, 2.75) is 13.0 Å². The number of amides is 2. The number of halogens is 1. The second-order valence-corrected chi connectivity index (χ2v) is 7.30. The Morgan fingerprint density at radius 3 is 2.75 bits per heavy atom. The number of benzene rings is 1. The summed E-state index contributed by atoms with van der Waals surface area (Å²) in [7, 11) is 0. The molecule has 0 unspecified atom stereocenters. The van der Waals surface area contributed by atoms with Gasteiger partial charge in [-0.05, 0) is 31.2 Å². The number of H-pyrrole nitrogens is 1. The fourth-order valence-corrected chi connectivity index (χ4v) is 3.82. The topological polar surface area (TPSA) is 89.5 Å². The zero-order valence-corrected chi connectivity index (χ0v) is 16.0. The van der Waals surface area contributed by atoms with E-state index in [1.165, 1.54) is 4.90 Å². The fourth-order valence-electron chi connectivity index (χ4n) is 3.56. The average Bonchev–Trinajstić information content (AvgIpc) is 3.21. The van der Waals surface area contributed by atoms with Crippen molar-refractivity contribution in [1.29, 1.82) is 0 Å². The van der Waals surface area contributed by atoms with Crippen molar-refractivity contribution in [3.8, 4) is 11.3 Å². The maximum atomic E-state index is 13.0. The molecule has 1 aliphatic heterocycles. The number of aromatic nitrogens is 2. The van der Waals surface area contributed by atoms with Crippen molar-refractivity contribution in [2.24, 2.45) is 0 Å². The van der Waals surface area contributed by atoms with E-state index in [0.717, 1.165) is 16.6 Å². The van der Waals surface area contributed by atoms with E-state index in [9.17, 15) is 14.7 Å². The third-order valence-corrected chi connectivity index (χ3v) is 5.37. The maximum absolute atomic E-state index is 13.0. The van der Waals surface area contributed by atoms with Gasteiger partial charge in [0.05, 0.1) is 16.2 Å². The number of hydrogen-bond acceptors (Lipinski definition) is 3. The van der Waals surface area contributed by atoms with Gasteiger partial charge >= 0.3 is 6.09 Å². The Kier molecular flexibility index (Phi) is 4.68. The number of rotatable bonds is 2. The van der Waals surface area contributed by atoms with Gasteiger partial charge in [-0.3, -0.25) is 4.79 Å². The number of aromatic amines is 1. The average molecular weight is 399 g/mol. The first-order valence-corrected chi connectivity index (χ1v) is 9.34. The molecule has 0 radical (unpaired) electrons. The molecular weight excluding hydrogens is 380 g/mol. The lowest BCUT2D eigenvalue weighted by atomic mass is 10.1. The number of pyridine rings is 1. The van der Waals surface area contributed by atoms with Crippen LogP contribution in [0.25, 0.3) is 22.2 Å². The van der Waals surface area contributed by atoms with Gasteiger partial charge in [-0.25, -0.2) is 9.78 Å². The molecule has 0 bridgehead atoms. The van der Waals surface area contributed by atoms with Gasteiger partial charge < -0.3 is 19.9 Å². The van der Waals surface area contributed by atoms with Crippen LogP contribution in [0.1, 0.15) is 17.3 Å². The van der Waals surface area contributed by atoms with E-state index in [1.807, 2.05) is 18.5 Å². The van der Waals surface area contributed by atoms with Gasteiger partial charge in [0.2, 0.25) is 0 Å². The summed E-state index contributed by atoms with van der Waals surface area (Å²) in [6, 6.07) is 8.75. The van der Waals surface area contributed by atoms with Gasteiger partial charge in [-0.1, -0.05) is 17.7 Å². The number of piperazine rings is 1. The molecule has 0 aliphatic carbocycles. The summed E-state index contributed by atoms with van der Waals surface area (Å²) in [5, 5.41) is 10.6. The van der Waals surface area contributed by atoms with Crippen molar-refractivity contribution in [1.82, 2.24) is 19.8 Å². The first-order chi connectivity index (χ1) is 13.4. The van der Waals surface area contributed by atoms with Crippen LogP contribution in [-0.4, -0.2) is 62.6 Å². The molecule has 2 N–H and O–H groups in total. The Morgan fingerprint density at radius 2 is 2.07 bits per heavy atom. The first-order valence-electron chi connectivity index (χ1n) is 8.96. The smallest absolute Gasteiger partial charge is 0.407 e. The quantitative estimate of drug-likeness (QED) is 0.688. The molecule has 1 atom stereocenters. The van der Waals surface area contributed by atoms with Crippen molar-refractivity contribution >= 4 is 34.5 Å². The Morgan fingerprint density at radius 1 is 1.25 bits per heavy atom. The molecule has 2 amide bonds. The van der Waals surface area contributed by atoms with Crippen molar-refractivity contribution < 1.29 is 14.7 Å². The minimum Gasteiger partial charge on any atom is -0.465 e. The van der Waals surface area contributed by atoms with Crippen LogP contribution in [0, 0.1) is 0 Å². The molecule has 0 saturated carbocycles. The monoisotopic (exact) mass is 398 g/mol. The highest BCUT2D eigenvalue weighted by Crippen LogP contribution is 2.29. The molecule has 144 valence electrons. The van der Waals surface area contributed by atoms with Gasteiger partial charge in [0.15, 0.2) is 0 Å². The van der Waals surface area contributed by atoms with Crippen LogP contribution in [0.4, 0.5) is 4.79 Å². The summed E-state index contributed by atoms with van der Waals surface area (Å²) in [5.41, 5.74) is 2.80. The molecule has 1 fully saturated rings. The molecule has 7 nitrogen and oxygen atoms in total. The van der Waals surface area contributed by atoms with E-state index in [2.05, 4.69) is 9.97 Å². The minimum atomic E-state index is -0.957. The van der Waals surface area contributed by atoms with Crippen LogP contribution in [0.2, 0.25) is 5.02 Å². The molecular formula is C20H19ClN4O3. The minimum absolute atomic E-state index is 0.135. The Hall–Kier alpha value is -3.06. The van der Waals surface area contributed by atoms with E-state index >= 15 is 0 Å². The van der Waals surface area contributed by atoms with Gasteiger partial charge in [0, 0.05) is 54.6 Å². The highest BCUT2D eigenvalue weighted by atomic mass is 35.5. The van der Waals surface area contributed by atoms with E-state index in [1.54, 1.807) is 36.1 Å². The summed E-state index contributed by atoms with van der Waals surface area (Å²) < 4.78 is 0. The molecule has 1 aliphatic rings. The van der Waals surface area contributed by atoms with Crippen LogP contribution < -0.4 is 0 Å². The van der Waals surface area contributed by atoms with E-state index in [0.29, 0.717) is 35.7 Å². The second-order valence-electron chi connectivity index (χ2n) is 6.90. The van der Waals surface area contributed by atoms with E-state index in [-0.39, 0.29) is 11.9 Å². The third kappa shape index (κ3) is 3.29. The third-order valence-electron chi connectivity index (χ3n) is 5.06. The maximum Gasteiger partial charge on any atom is 0.407 e. The van der Waals surface area contributed by atoms with Crippen molar-refractivity contribution in [3.63, 3.8) is 0 Å². The van der Waals surface area contributed by atoms with Gasteiger partial charge in [-0.15, -0.1) is 0 Å². The zero-order valence-electron chi connectivity index (χ0n) is 15.2. The molecule has 8 heteroatoms. The number of hydrogen-bond donors (Lipinski definition) is 2. The van der Waals surface area contributed by atoms with Crippen LogP contribution in [-0.2, 0) is 0 Å². The zero-order chi connectivity index (χ0) is 19.8. The molecule has 4 rings (SSSR count). The first kappa shape index (κ1) is 18.3. The molecule has 3 aromatic rings. The Labute approximate surface area is 166 Å². The van der Waals surface area contributed by atoms with E-state index < -0.39 is 6.09 Å². The number of fused-ring (bicyclic) bond motifs is 1. The largest absolute Gasteiger partial charge is 0.465 e. The second kappa shape index (κ2) is 7.16. The molecule has 0 spiro atoms. The number of nitrogens with one attached hydrogen (secondary N) is 1. The summed E-state index contributed by atoms with van der Waals surface area (Å²) in [5.74, 6) is -0.135. The van der Waals surface area contributed by atoms with E-state index in [4.69, 9.17) is 11.6 Å². The number of carbonyl (C=O) groups excluding carboxylic acids is 1. The SMILES string of the molecule is C[C@@H]1CN(C(=O)c2ccc3c(Cl)cc(-c4cc[nH]c4)nc3c2)CCN1C(=O)O. The number of carboxylic acid groups (broad SMARTS) is 1. The molecule has 1 aromatic carbocycles. The lowest BCUT2D eigenvalue weighted by Gasteiger charge is -2.38. The molecule has 2 aromatic heterocycles. The summed E-state index contributed by atoms with van der Waals surface area (Å²) in [6.45, 7) is 2.84. The highest BCUT2D eigenvalue weighted by Gasteiger charge is 2.30. The lowest BCUT2D eigenvalue weighted by Crippen LogP contribution is -2.55. The van der Waals surface area contributed by atoms with Crippen LogP contribution in [0.5, 0.6) is 0 Å².